The molecule has 0 amide bonds. The van der Waals surface area contributed by atoms with Crippen LogP contribution in [0.4, 0.5) is 0 Å². The number of nitrogens with zero attached hydrogens (tertiary/aromatic N) is 3. The molecule has 2 saturated heterocycles. The molecule has 4 nitrogen and oxygen atoms in total. The number of piperidine rings is 2. The topological polar surface area (TPSA) is 38.2 Å². The zero-order valence-corrected chi connectivity index (χ0v) is 12.7. The van der Waals surface area contributed by atoms with E-state index >= 15 is 0 Å². The normalized spacial score (nSPS) is 27.4. The molecule has 22 heavy (non-hydrogen) atoms. The van der Waals surface area contributed by atoms with Gasteiger partial charge in [-0.3, -0.25) is 0 Å². The van der Waals surface area contributed by atoms with Gasteiger partial charge in [-0.05, 0) is 31.9 Å². The first-order valence-corrected chi connectivity index (χ1v) is 8.17. The lowest BCUT2D eigenvalue weighted by molar-refractivity contribution is 0.0123. The number of fused-ring (bicyclic) bond motifs is 2. The molecule has 2 aliphatic heterocycles. The lowest BCUT2D eigenvalue weighted by Crippen LogP contribution is -2.49. The quantitative estimate of drug-likeness (QED) is 0.872. The first-order chi connectivity index (χ1) is 10.9. The van der Waals surface area contributed by atoms with E-state index in [4.69, 9.17) is 4.74 Å². The van der Waals surface area contributed by atoms with Crippen molar-refractivity contribution in [3.05, 3.63) is 42.5 Å². The summed E-state index contributed by atoms with van der Waals surface area (Å²) < 4.78 is 6.13. The minimum absolute atomic E-state index is 0.299. The third-order valence-corrected chi connectivity index (χ3v) is 4.78. The summed E-state index contributed by atoms with van der Waals surface area (Å²) in [5, 5.41) is 8.58. The van der Waals surface area contributed by atoms with E-state index in [0.29, 0.717) is 17.9 Å². The maximum atomic E-state index is 6.13. The van der Waals surface area contributed by atoms with Crippen molar-refractivity contribution in [3.8, 4) is 17.1 Å². The molecule has 4 rings (SSSR count). The Kier molecular flexibility index (Phi) is 3.77. The highest BCUT2D eigenvalue weighted by Crippen LogP contribution is 2.29. The van der Waals surface area contributed by atoms with E-state index in [9.17, 15) is 0 Å². The molecule has 1 aromatic heterocycles. The van der Waals surface area contributed by atoms with Crippen LogP contribution in [0.3, 0.4) is 0 Å². The van der Waals surface area contributed by atoms with Gasteiger partial charge < -0.3 is 9.64 Å². The van der Waals surface area contributed by atoms with E-state index in [1.54, 1.807) is 0 Å². The highest BCUT2D eigenvalue weighted by molar-refractivity contribution is 5.58. The van der Waals surface area contributed by atoms with Gasteiger partial charge in [-0.2, -0.15) is 0 Å². The van der Waals surface area contributed by atoms with Crippen molar-refractivity contribution in [1.29, 1.82) is 0 Å². The van der Waals surface area contributed by atoms with Crippen LogP contribution in [0.5, 0.6) is 5.88 Å². The molecule has 2 aliphatic rings. The summed E-state index contributed by atoms with van der Waals surface area (Å²) in [6, 6.07) is 14.1. The number of hydrogen-bond donors (Lipinski definition) is 0. The van der Waals surface area contributed by atoms with E-state index in [1.807, 2.05) is 42.5 Å². The standard InChI is InChI=1S/C18H21N3O/c1-2-5-14(6-3-1)16-8-9-18(20-19-16)22-17-10-12-21-11-4-7-15(17)13-21/h1-3,5-6,8-9,15,17H,4,7,10-13H2/t15-,17-/m0/s1. The van der Waals surface area contributed by atoms with E-state index in [2.05, 4.69) is 15.1 Å². The monoisotopic (exact) mass is 295 g/mol. The molecule has 114 valence electrons. The van der Waals surface area contributed by atoms with E-state index in [-0.39, 0.29) is 0 Å². The third kappa shape index (κ3) is 2.83. The van der Waals surface area contributed by atoms with Gasteiger partial charge in [0, 0.05) is 30.6 Å². The van der Waals surface area contributed by atoms with Crippen LogP contribution in [-0.2, 0) is 0 Å². The fourth-order valence-electron chi connectivity index (χ4n) is 3.60. The predicted molar refractivity (Wildman–Crippen MR) is 85.7 cm³/mol. The molecule has 0 radical (unpaired) electrons. The van der Waals surface area contributed by atoms with Crippen molar-refractivity contribution in [2.24, 2.45) is 5.92 Å². The molecule has 2 bridgehead atoms. The fraction of sp³-hybridized carbons (Fsp3) is 0.444. The minimum Gasteiger partial charge on any atom is -0.473 e. The fourth-order valence-corrected chi connectivity index (χ4v) is 3.60. The Bertz CT molecular complexity index is 614. The van der Waals surface area contributed by atoms with Crippen LogP contribution in [0.15, 0.2) is 42.5 Å². The molecule has 0 saturated carbocycles. The smallest absolute Gasteiger partial charge is 0.233 e. The Morgan fingerprint density at radius 1 is 0.955 bits per heavy atom. The lowest BCUT2D eigenvalue weighted by atomic mass is 9.87. The van der Waals surface area contributed by atoms with E-state index in [1.165, 1.54) is 25.9 Å². The highest BCUT2D eigenvalue weighted by Gasteiger charge is 2.33. The average molecular weight is 295 g/mol. The van der Waals surface area contributed by atoms with Crippen LogP contribution in [0, 0.1) is 5.92 Å². The van der Waals surface area contributed by atoms with Gasteiger partial charge in [0.05, 0.1) is 5.69 Å². The Hall–Kier alpha value is -1.94. The molecular weight excluding hydrogens is 274 g/mol. The second-order valence-corrected chi connectivity index (χ2v) is 6.27. The number of aromatic nitrogens is 2. The molecule has 1 unspecified atom stereocenters. The van der Waals surface area contributed by atoms with Gasteiger partial charge in [0.25, 0.3) is 0 Å². The first-order valence-electron chi connectivity index (χ1n) is 8.17. The number of ether oxygens (including phenoxy) is 1. The van der Waals surface area contributed by atoms with E-state index in [0.717, 1.165) is 24.2 Å². The van der Waals surface area contributed by atoms with Crippen molar-refractivity contribution in [2.45, 2.75) is 25.4 Å². The summed E-state index contributed by atoms with van der Waals surface area (Å²) in [7, 11) is 0. The molecule has 3 atom stereocenters. The molecular formula is C18H21N3O. The molecule has 4 heteroatoms. The molecule has 2 aromatic rings. The van der Waals surface area contributed by atoms with Gasteiger partial charge in [0.2, 0.25) is 5.88 Å². The van der Waals surface area contributed by atoms with Crippen molar-refractivity contribution < 1.29 is 4.74 Å². The third-order valence-electron chi connectivity index (χ3n) is 4.78. The summed E-state index contributed by atoms with van der Waals surface area (Å²) in [4.78, 5) is 2.55. The Balaban J connectivity index is 1.45. The lowest BCUT2D eigenvalue weighted by Gasteiger charge is -2.42. The summed E-state index contributed by atoms with van der Waals surface area (Å²) in [6.45, 7) is 3.59. The van der Waals surface area contributed by atoms with Gasteiger partial charge >= 0.3 is 0 Å². The molecule has 3 heterocycles. The first kappa shape index (κ1) is 13.7. The van der Waals surface area contributed by atoms with Gasteiger partial charge in [-0.1, -0.05) is 30.3 Å². The summed E-state index contributed by atoms with van der Waals surface area (Å²) in [5.41, 5.74) is 1.97. The van der Waals surface area contributed by atoms with Crippen LogP contribution >= 0.6 is 0 Å². The second-order valence-electron chi connectivity index (χ2n) is 6.27. The number of rotatable bonds is 3. The van der Waals surface area contributed by atoms with Crippen molar-refractivity contribution >= 4 is 0 Å². The molecule has 0 aliphatic carbocycles. The Morgan fingerprint density at radius 2 is 1.86 bits per heavy atom. The maximum absolute atomic E-state index is 6.13. The van der Waals surface area contributed by atoms with Crippen LogP contribution in [-0.4, -0.2) is 40.8 Å². The van der Waals surface area contributed by atoms with Crippen LogP contribution in [0.25, 0.3) is 11.3 Å². The average Bonchev–Trinajstić information content (AvgIpc) is 2.59. The SMILES string of the molecule is c1ccc(-c2ccc(O[C@H]3CCN4CCC[C@H]3C4)nn2)cc1. The largest absolute Gasteiger partial charge is 0.473 e. The van der Waals surface area contributed by atoms with Gasteiger partial charge in [0.15, 0.2) is 0 Å². The zero-order chi connectivity index (χ0) is 14.8. The van der Waals surface area contributed by atoms with Crippen LogP contribution in [0.2, 0.25) is 0 Å². The zero-order valence-electron chi connectivity index (χ0n) is 12.7. The molecule has 0 N–H and O–H groups in total. The van der Waals surface area contributed by atoms with E-state index < -0.39 is 0 Å². The molecule has 1 aromatic carbocycles. The summed E-state index contributed by atoms with van der Waals surface area (Å²) >= 11 is 0. The van der Waals surface area contributed by atoms with Crippen LogP contribution in [0.1, 0.15) is 19.3 Å². The predicted octanol–water partition coefficient (Wildman–Crippen LogP) is 3.01. The maximum Gasteiger partial charge on any atom is 0.233 e. The summed E-state index contributed by atoms with van der Waals surface area (Å²) in [5.74, 6) is 1.31. The Labute approximate surface area is 131 Å². The van der Waals surface area contributed by atoms with Gasteiger partial charge in [-0.25, -0.2) is 0 Å². The number of benzene rings is 1. The van der Waals surface area contributed by atoms with Crippen molar-refractivity contribution in [2.75, 3.05) is 19.6 Å². The van der Waals surface area contributed by atoms with Crippen LogP contribution < -0.4 is 4.74 Å². The summed E-state index contributed by atoms with van der Waals surface area (Å²) in [6.07, 6.45) is 3.97. The Morgan fingerprint density at radius 3 is 2.68 bits per heavy atom. The molecule has 0 spiro atoms. The number of hydrogen-bond acceptors (Lipinski definition) is 4. The van der Waals surface area contributed by atoms with Crippen molar-refractivity contribution in [1.82, 2.24) is 15.1 Å². The van der Waals surface area contributed by atoms with Crippen molar-refractivity contribution in [3.63, 3.8) is 0 Å². The van der Waals surface area contributed by atoms with Gasteiger partial charge in [0.1, 0.15) is 6.10 Å². The van der Waals surface area contributed by atoms with Gasteiger partial charge in [-0.15, -0.1) is 10.2 Å². The molecule has 2 fully saturated rings. The minimum atomic E-state index is 0.299. The second kappa shape index (κ2) is 6.05. The highest BCUT2D eigenvalue weighted by atomic mass is 16.5.